The van der Waals surface area contributed by atoms with Gasteiger partial charge in [-0.15, -0.1) is 0 Å². The van der Waals surface area contributed by atoms with Crippen LogP contribution in [0.2, 0.25) is 0 Å². The Morgan fingerprint density at radius 2 is 0.818 bits per heavy atom. The molecule has 0 spiro atoms. The molecular formula is C42H38O2. The zero-order chi connectivity index (χ0) is 29.9. The van der Waals surface area contributed by atoms with Crippen molar-refractivity contribution in [2.24, 2.45) is 11.8 Å². The van der Waals surface area contributed by atoms with Gasteiger partial charge in [-0.1, -0.05) is 88.4 Å². The molecule has 0 atom stereocenters. The maximum atomic E-state index is 6.66. The van der Waals surface area contributed by atoms with Crippen molar-refractivity contribution in [3.05, 3.63) is 108 Å². The van der Waals surface area contributed by atoms with Gasteiger partial charge in [0.25, 0.3) is 0 Å². The summed E-state index contributed by atoms with van der Waals surface area (Å²) in [5, 5.41) is 4.65. The van der Waals surface area contributed by atoms with Crippen LogP contribution in [0.4, 0.5) is 0 Å². The normalized spacial score (nSPS) is 12.4. The van der Waals surface area contributed by atoms with Crippen LogP contribution in [0.15, 0.2) is 106 Å². The standard InChI is InChI=1S/C42H38O2/c1-25(2)5-7-27-9-13-29(14-10-27)31-17-21-35-39-33(31)19-23-37-41(39)42-38(43-35)24-20-34-32(18-22-36(44-37)40(34)42)30-15-11-28(12-16-30)8-6-26(3)4/h9-26H,5-8H2,1-4H3. The molecule has 0 saturated carbocycles. The van der Waals surface area contributed by atoms with E-state index in [-0.39, 0.29) is 0 Å². The maximum absolute atomic E-state index is 6.66. The van der Waals surface area contributed by atoms with Crippen molar-refractivity contribution in [1.82, 2.24) is 0 Å². The number of aryl methyl sites for hydroxylation is 2. The van der Waals surface area contributed by atoms with Crippen molar-refractivity contribution in [3.8, 4) is 33.4 Å². The first-order valence-corrected chi connectivity index (χ1v) is 16.2. The van der Waals surface area contributed by atoms with Gasteiger partial charge in [0.1, 0.15) is 22.3 Å². The van der Waals surface area contributed by atoms with Gasteiger partial charge < -0.3 is 8.83 Å². The van der Waals surface area contributed by atoms with Crippen molar-refractivity contribution >= 4 is 43.9 Å². The summed E-state index contributed by atoms with van der Waals surface area (Å²) >= 11 is 0. The fraction of sp³-hybridized carbons (Fsp3) is 0.238. The van der Waals surface area contributed by atoms with Crippen LogP contribution in [0.5, 0.6) is 0 Å². The molecule has 6 aromatic carbocycles. The van der Waals surface area contributed by atoms with E-state index >= 15 is 0 Å². The maximum Gasteiger partial charge on any atom is 0.136 e. The summed E-state index contributed by atoms with van der Waals surface area (Å²) in [7, 11) is 0. The summed E-state index contributed by atoms with van der Waals surface area (Å²) in [5.41, 5.74) is 13.6. The van der Waals surface area contributed by atoms with E-state index in [0.717, 1.165) is 57.1 Å². The van der Waals surface area contributed by atoms with E-state index in [0.29, 0.717) is 11.8 Å². The lowest BCUT2D eigenvalue weighted by Crippen LogP contribution is -1.96. The Kier molecular flexibility index (Phi) is 6.48. The van der Waals surface area contributed by atoms with Gasteiger partial charge in [-0.25, -0.2) is 0 Å². The lowest BCUT2D eigenvalue weighted by molar-refractivity contribution is 0.586. The van der Waals surface area contributed by atoms with Gasteiger partial charge >= 0.3 is 0 Å². The smallest absolute Gasteiger partial charge is 0.136 e. The summed E-state index contributed by atoms with van der Waals surface area (Å²) in [6.45, 7) is 9.15. The van der Waals surface area contributed by atoms with E-state index in [1.807, 2.05) is 0 Å². The van der Waals surface area contributed by atoms with E-state index in [4.69, 9.17) is 8.83 Å². The SMILES string of the molecule is CC(C)CCc1ccc(-c2ccc3oc4ccc5c(-c6ccc(CCC(C)C)cc6)ccc6oc7ccc2c3c7-c4c65)cc1. The van der Waals surface area contributed by atoms with E-state index in [2.05, 4.69) is 125 Å². The van der Waals surface area contributed by atoms with Crippen LogP contribution in [-0.4, -0.2) is 0 Å². The first-order chi connectivity index (χ1) is 21.4. The van der Waals surface area contributed by atoms with Gasteiger partial charge in [-0.3, -0.25) is 0 Å². The molecule has 0 N–H and O–H groups in total. The lowest BCUT2D eigenvalue weighted by Gasteiger charge is -2.21. The molecule has 2 aliphatic rings. The molecule has 0 amide bonds. The molecule has 0 saturated heterocycles. The molecule has 0 unspecified atom stereocenters. The average molecular weight is 575 g/mol. The lowest BCUT2D eigenvalue weighted by atomic mass is 9.86. The second-order valence-corrected chi connectivity index (χ2v) is 13.4. The van der Waals surface area contributed by atoms with Crippen molar-refractivity contribution in [2.75, 3.05) is 0 Å². The van der Waals surface area contributed by atoms with Crippen LogP contribution in [0.3, 0.4) is 0 Å². The Morgan fingerprint density at radius 1 is 0.432 bits per heavy atom. The van der Waals surface area contributed by atoms with Gasteiger partial charge in [0.2, 0.25) is 0 Å². The van der Waals surface area contributed by atoms with Crippen LogP contribution >= 0.6 is 0 Å². The Labute approximate surface area is 259 Å². The summed E-state index contributed by atoms with van der Waals surface area (Å²) in [5.74, 6) is 1.42. The highest BCUT2D eigenvalue weighted by atomic mass is 16.3. The van der Waals surface area contributed by atoms with Crippen LogP contribution in [0, 0.1) is 11.8 Å². The quantitative estimate of drug-likeness (QED) is 0.133. The summed E-state index contributed by atoms with van der Waals surface area (Å²) in [6.07, 6.45) is 4.65. The molecular weight excluding hydrogens is 536 g/mol. The topological polar surface area (TPSA) is 26.3 Å². The number of hydrogen-bond donors (Lipinski definition) is 0. The van der Waals surface area contributed by atoms with Crippen LogP contribution in [0.1, 0.15) is 51.7 Å². The van der Waals surface area contributed by atoms with Gasteiger partial charge in [-0.05, 0) is 118 Å². The van der Waals surface area contributed by atoms with Crippen molar-refractivity contribution in [3.63, 3.8) is 0 Å². The fourth-order valence-electron chi connectivity index (χ4n) is 6.98. The summed E-state index contributed by atoms with van der Waals surface area (Å²) < 4.78 is 13.3. The minimum absolute atomic E-state index is 0.709. The average Bonchev–Trinajstić information content (AvgIpc) is 3.04. The second-order valence-electron chi connectivity index (χ2n) is 13.4. The highest BCUT2D eigenvalue weighted by Gasteiger charge is 2.26. The van der Waals surface area contributed by atoms with Crippen LogP contribution in [-0.2, 0) is 12.8 Å². The van der Waals surface area contributed by atoms with Gasteiger partial charge in [0.05, 0.1) is 0 Å². The number of benzene rings is 6. The third-order valence-electron chi connectivity index (χ3n) is 9.45. The van der Waals surface area contributed by atoms with E-state index in [1.165, 1.54) is 57.0 Å². The fourth-order valence-corrected chi connectivity index (χ4v) is 6.98. The summed E-state index contributed by atoms with van der Waals surface area (Å²) in [6, 6.07) is 35.6. The molecule has 2 aliphatic heterocycles. The Balaban J connectivity index is 1.28. The van der Waals surface area contributed by atoms with E-state index < -0.39 is 0 Å². The molecule has 0 aromatic heterocycles. The van der Waals surface area contributed by atoms with Gasteiger partial charge in [-0.2, -0.15) is 0 Å². The van der Waals surface area contributed by atoms with Gasteiger partial charge in [0.15, 0.2) is 0 Å². The molecule has 44 heavy (non-hydrogen) atoms. The van der Waals surface area contributed by atoms with Crippen molar-refractivity contribution < 1.29 is 8.83 Å². The molecule has 2 nitrogen and oxygen atoms in total. The summed E-state index contributed by atoms with van der Waals surface area (Å²) in [4.78, 5) is 0. The zero-order valence-electron chi connectivity index (χ0n) is 26.0. The second kappa shape index (κ2) is 10.6. The molecule has 0 aliphatic carbocycles. The third-order valence-corrected chi connectivity index (χ3v) is 9.45. The zero-order valence-corrected chi connectivity index (χ0v) is 26.0. The Bertz CT molecular complexity index is 2040. The van der Waals surface area contributed by atoms with Crippen molar-refractivity contribution in [1.29, 1.82) is 0 Å². The Hall–Kier alpha value is -4.56. The largest absolute Gasteiger partial charge is 0.456 e. The number of hydrogen-bond acceptors (Lipinski definition) is 2. The minimum Gasteiger partial charge on any atom is -0.456 e. The molecule has 8 rings (SSSR count). The van der Waals surface area contributed by atoms with E-state index in [9.17, 15) is 0 Å². The molecule has 2 heteroatoms. The molecule has 218 valence electrons. The van der Waals surface area contributed by atoms with E-state index in [1.54, 1.807) is 0 Å². The Morgan fingerprint density at radius 3 is 1.20 bits per heavy atom. The highest BCUT2D eigenvalue weighted by molar-refractivity contribution is 6.26. The first kappa shape index (κ1) is 27.0. The molecule has 0 fully saturated rings. The molecule has 0 bridgehead atoms. The van der Waals surface area contributed by atoms with Crippen LogP contribution < -0.4 is 0 Å². The third kappa shape index (κ3) is 4.47. The molecule has 0 radical (unpaired) electrons. The predicted octanol–water partition coefficient (Wildman–Crippen LogP) is 12.5. The molecule has 2 heterocycles. The van der Waals surface area contributed by atoms with Gasteiger partial charge in [0, 0.05) is 21.9 Å². The highest BCUT2D eigenvalue weighted by Crippen LogP contribution is 2.50. The predicted molar refractivity (Wildman–Crippen MR) is 186 cm³/mol. The monoisotopic (exact) mass is 574 g/mol. The first-order valence-electron chi connectivity index (χ1n) is 16.2. The molecule has 6 aromatic rings. The number of rotatable bonds is 8. The minimum atomic E-state index is 0.709. The van der Waals surface area contributed by atoms with Crippen LogP contribution in [0.25, 0.3) is 77.3 Å². The van der Waals surface area contributed by atoms with Crippen molar-refractivity contribution in [2.45, 2.75) is 53.4 Å².